The topological polar surface area (TPSA) is 35.5 Å². The molecular formula is C5H12O3. The van der Waals surface area contributed by atoms with Crippen molar-refractivity contribution >= 4 is 6.29 Å². The lowest BCUT2D eigenvalue weighted by molar-refractivity contribution is -0.106. The Bertz CT molecular complexity index is 34.7. The minimum Gasteiger partial charge on any atom is -0.359 e. The molecule has 0 heterocycles. The Kier molecular flexibility index (Phi) is 21.1. The van der Waals surface area contributed by atoms with Crippen molar-refractivity contribution in [3.8, 4) is 0 Å². The van der Waals surface area contributed by atoms with E-state index in [0.717, 1.165) is 6.29 Å². The smallest absolute Gasteiger partial charge is 0.145 e. The molecule has 3 heteroatoms. The lowest BCUT2D eigenvalue weighted by Crippen LogP contribution is -1.87. The molecule has 0 aromatic heterocycles. The molecule has 0 saturated heterocycles. The molecule has 0 aromatic rings. The summed E-state index contributed by atoms with van der Waals surface area (Å²) in [6, 6.07) is 0. The van der Waals surface area contributed by atoms with E-state index in [0.29, 0.717) is 6.79 Å². The van der Waals surface area contributed by atoms with Gasteiger partial charge in [-0.1, -0.05) is 0 Å². The zero-order valence-electron chi connectivity index (χ0n) is 5.51. The van der Waals surface area contributed by atoms with Crippen LogP contribution in [0.4, 0.5) is 0 Å². The molecule has 8 heavy (non-hydrogen) atoms. The molecule has 0 fully saturated rings. The zero-order valence-corrected chi connectivity index (χ0v) is 5.51. The summed E-state index contributed by atoms with van der Waals surface area (Å²) in [5.41, 5.74) is 0. The van der Waals surface area contributed by atoms with Crippen molar-refractivity contribution in [3.63, 3.8) is 0 Å². The van der Waals surface area contributed by atoms with E-state index in [1.807, 2.05) is 0 Å². The van der Waals surface area contributed by atoms with E-state index < -0.39 is 0 Å². The van der Waals surface area contributed by atoms with Crippen LogP contribution in [0.3, 0.4) is 0 Å². The molecule has 50 valence electrons. The molecule has 0 aliphatic heterocycles. The van der Waals surface area contributed by atoms with Crippen LogP contribution in [0.25, 0.3) is 0 Å². The number of ether oxygens (including phenoxy) is 2. The van der Waals surface area contributed by atoms with Crippen molar-refractivity contribution in [2.75, 3.05) is 21.0 Å². The van der Waals surface area contributed by atoms with Gasteiger partial charge in [0.05, 0.1) is 0 Å². The third-order valence-corrected chi connectivity index (χ3v) is 0.236. The maximum atomic E-state index is 8.81. The highest BCUT2D eigenvalue weighted by molar-refractivity contribution is 5.44. The Morgan fingerprint density at radius 1 is 1.38 bits per heavy atom. The largest absolute Gasteiger partial charge is 0.359 e. The zero-order chi connectivity index (χ0) is 6.83. The SMILES string of the molecule is CC=O.COCOC. The molecule has 0 atom stereocenters. The molecule has 0 aliphatic carbocycles. The second-order valence-corrected chi connectivity index (χ2v) is 0.931. The third kappa shape index (κ3) is 46.6. The average molecular weight is 120 g/mol. The van der Waals surface area contributed by atoms with Crippen LogP contribution >= 0.6 is 0 Å². The third-order valence-electron chi connectivity index (χ3n) is 0.236. The lowest BCUT2D eigenvalue weighted by Gasteiger charge is -1.87. The summed E-state index contributed by atoms with van der Waals surface area (Å²) in [5.74, 6) is 0. The van der Waals surface area contributed by atoms with E-state index in [9.17, 15) is 0 Å². The van der Waals surface area contributed by atoms with Crippen molar-refractivity contribution < 1.29 is 14.3 Å². The summed E-state index contributed by atoms with van der Waals surface area (Å²) in [7, 11) is 3.17. The van der Waals surface area contributed by atoms with Crippen LogP contribution in [0, 0.1) is 0 Å². The second-order valence-electron chi connectivity index (χ2n) is 0.931. The van der Waals surface area contributed by atoms with Gasteiger partial charge in [0.1, 0.15) is 13.1 Å². The first-order valence-corrected chi connectivity index (χ1v) is 2.21. The van der Waals surface area contributed by atoms with Crippen LogP contribution in [0.15, 0.2) is 0 Å². The summed E-state index contributed by atoms with van der Waals surface area (Å²) in [6.07, 6.45) is 0.750. The maximum absolute atomic E-state index is 8.81. The van der Waals surface area contributed by atoms with Crippen molar-refractivity contribution in [1.29, 1.82) is 0 Å². The minimum absolute atomic E-state index is 0.389. The lowest BCUT2D eigenvalue weighted by atomic mass is 11.0. The molecule has 0 bridgehead atoms. The van der Waals surface area contributed by atoms with E-state index >= 15 is 0 Å². The molecule has 0 saturated carbocycles. The Hall–Kier alpha value is -0.410. The van der Waals surface area contributed by atoms with Gasteiger partial charge in [-0.25, -0.2) is 0 Å². The highest BCUT2D eigenvalue weighted by Gasteiger charge is 1.63. The van der Waals surface area contributed by atoms with Gasteiger partial charge in [0.25, 0.3) is 0 Å². The first kappa shape index (κ1) is 10.5. The molecule has 0 rings (SSSR count). The quantitative estimate of drug-likeness (QED) is 0.392. The number of carbonyl (C=O) groups is 1. The normalized spacial score (nSPS) is 6.88. The van der Waals surface area contributed by atoms with E-state index in [2.05, 4.69) is 9.47 Å². The standard InChI is InChI=1S/C3H8O2.C2H4O/c1-4-3-5-2;1-2-3/h3H2,1-2H3;2H,1H3. The van der Waals surface area contributed by atoms with E-state index in [1.165, 1.54) is 6.92 Å². The summed E-state index contributed by atoms with van der Waals surface area (Å²) < 4.78 is 8.94. The number of carbonyl (C=O) groups excluding carboxylic acids is 1. The van der Waals surface area contributed by atoms with Crippen molar-refractivity contribution in [2.45, 2.75) is 6.92 Å². The van der Waals surface area contributed by atoms with Crippen LogP contribution in [0.5, 0.6) is 0 Å². The van der Waals surface area contributed by atoms with Crippen LogP contribution in [-0.2, 0) is 14.3 Å². The number of methoxy groups -OCH3 is 2. The van der Waals surface area contributed by atoms with Crippen molar-refractivity contribution in [3.05, 3.63) is 0 Å². The maximum Gasteiger partial charge on any atom is 0.145 e. The summed E-state index contributed by atoms with van der Waals surface area (Å²) in [4.78, 5) is 8.81. The molecular weight excluding hydrogens is 108 g/mol. The number of aldehydes is 1. The highest BCUT2D eigenvalue weighted by atomic mass is 16.6. The molecule has 0 unspecified atom stereocenters. The monoisotopic (exact) mass is 120 g/mol. The summed E-state index contributed by atoms with van der Waals surface area (Å²) in [5, 5.41) is 0. The number of hydrogen-bond donors (Lipinski definition) is 0. The fourth-order valence-corrected chi connectivity index (χ4v) is 0.118. The minimum atomic E-state index is 0.389. The number of hydrogen-bond acceptors (Lipinski definition) is 3. The van der Waals surface area contributed by atoms with Crippen molar-refractivity contribution in [1.82, 2.24) is 0 Å². The number of rotatable bonds is 2. The first-order chi connectivity index (χ1) is 3.83. The fraction of sp³-hybridized carbons (Fsp3) is 0.800. The van der Waals surface area contributed by atoms with Crippen molar-refractivity contribution in [2.24, 2.45) is 0 Å². The molecule has 3 nitrogen and oxygen atoms in total. The molecule has 0 aliphatic rings. The Morgan fingerprint density at radius 2 is 1.62 bits per heavy atom. The second kappa shape index (κ2) is 16.0. The molecule has 0 radical (unpaired) electrons. The van der Waals surface area contributed by atoms with Gasteiger partial charge in [-0.05, 0) is 6.92 Å². The van der Waals surface area contributed by atoms with Crippen LogP contribution < -0.4 is 0 Å². The Balaban J connectivity index is 0. The van der Waals surface area contributed by atoms with Crippen LogP contribution in [0.2, 0.25) is 0 Å². The van der Waals surface area contributed by atoms with Gasteiger partial charge >= 0.3 is 0 Å². The summed E-state index contributed by atoms with van der Waals surface area (Å²) >= 11 is 0. The fourth-order valence-electron chi connectivity index (χ4n) is 0.118. The molecule has 0 spiro atoms. The first-order valence-electron chi connectivity index (χ1n) is 2.21. The predicted octanol–water partition coefficient (Wildman–Crippen LogP) is 0.442. The van der Waals surface area contributed by atoms with E-state index in [4.69, 9.17) is 4.79 Å². The average Bonchev–Trinajstić information content (AvgIpc) is 1.71. The van der Waals surface area contributed by atoms with Gasteiger partial charge in [0.2, 0.25) is 0 Å². The predicted molar refractivity (Wildman–Crippen MR) is 30.6 cm³/mol. The van der Waals surface area contributed by atoms with Crippen LogP contribution in [0.1, 0.15) is 6.92 Å². The summed E-state index contributed by atoms with van der Waals surface area (Å²) in [6.45, 7) is 1.83. The Morgan fingerprint density at radius 3 is 1.62 bits per heavy atom. The van der Waals surface area contributed by atoms with Gasteiger partial charge in [-0.3, -0.25) is 0 Å². The van der Waals surface area contributed by atoms with Gasteiger partial charge < -0.3 is 14.3 Å². The molecule has 0 aromatic carbocycles. The van der Waals surface area contributed by atoms with Gasteiger partial charge in [-0.15, -0.1) is 0 Å². The van der Waals surface area contributed by atoms with E-state index in [1.54, 1.807) is 14.2 Å². The molecule has 0 N–H and O–H groups in total. The van der Waals surface area contributed by atoms with Crippen LogP contribution in [-0.4, -0.2) is 27.3 Å². The Labute approximate surface area is 49.6 Å². The molecule has 0 amide bonds. The van der Waals surface area contributed by atoms with Gasteiger partial charge in [0, 0.05) is 14.2 Å². The highest BCUT2D eigenvalue weighted by Crippen LogP contribution is 1.60. The van der Waals surface area contributed by atoms with E-state index in [-0.39, 0.29) is 0 Å². The van der Waals surface area contributed by atoms with Gasteiger partial charge in [-0.2, -0.15) is 0 Å². The van der Waals surface area contributed by atoms with Gasteiger partial charge in [0.15, 0.2) is 0 Å².